The third kappa shape index (κ3) is 2.41. The normalized spacial score (nSPS) is 16.9. The minimum absolute atomic E-state index is 0.298. The lowest BCUT2D eigenvalue weighted by molar-refractivity contribution is 0.396. The summed E-state index contributed by atoms with van der Waals surface area (Å²) in [5.41, 5.74) is 6.02. The van der Waals surface area contributed by atoms with Crippen molar-refractivity contribution >= 4 is 5.82 Å². The number of hydrogen-bond acceptors (Lipinski definition) is 5. The number of nitrogens with one attached hydrogen (secondary N) is 1. The maximum absolute atomic E-state index is 5.72. The second-order valence-corrected chi connectivity index (χ2v) is 4.40. The first kappa shape index (κ1) is 11.1. The number of methoxy groups -OCH3 is 1. The van der Waals surface area contributed by atoms with Crippen LogP contribution in [0.4, 0.5) is 5.82 Å². The molecule has 1 aliphatic carbocycles. The van der Waals surface area contributed by atoms with E-state index in [4.69, 9.17) is 10.5 Å². The number of ether oxygens (including phenoxy) is 1. The number of aromatic nitrogens is 2. The zero-order valence-electron chi connectivity index (χ0n) is 9.79. The fourth-order valence-corrected chi connectivity index (χ4v) is 1.64. The molecule has 88 valence electrons. The van der Waals surface area contributed by atoms with Crippen LogP contribution in [0.3, 0.4) is 0 Å². The Kier molecular flexibility index (Phi) is 2.96. The third-order valence-corrected chi connectivity index (χ3v) is 3.06. The van der Waals surface area contributed by atoms with Crippen molar-refractivity contribution in [3.8, 4) is 5.88 Å². The van der Waals surface area contributed by atoms with Gasteiger partial charge in [0.05, 0.1) is 7.11 Å². The molecule has 1 aliphatic rings. The Morgan fingerprint density at radius 1 is 1.50 bits per heavy atom. The van der Waals surface area contributed by atoms with Crippen molar-refractivity contribution in [2.75, 3.05) is 25.5 Å². The number of rotatable bonds is 5. The number of nitrogens with zero attached hydrogens (tertiary/aromatic N) is 2. The standard InChI is InChI=1S/C11H18N4O/c1-8-14-9(5-10(15-8)16-2)13-7-11(6-12)3-4-11/h5H,3-4,6-7,12H2,1-2H3,(H,13,14,15). The zero-order valence-corrected chi connectivity index (χ0v) is 9.79. The third-order valence-electron chi connectivity index (χ3n) is 3.06. The highest BCUT2D eigenvalue weighted by Gasteiger charge is 2.40. The van der Waals surface area contributed by atoms with E-state index < -0.39 is 0 Å². The van der Waals surface area contributed by atoms with Crippen LogP contribution in [0, 0.1) is 12.3 Å². The summed E-state index contributed by atoms with van der Waals surface area (Å²) in [6.07, 6.45) is 2.41. The Hall–Kier alpha value is -1.36. The molecule has 1 saturated carbocycles. The van der Waals surface area contributed by atoms with Gasteiger partial charge in [0, 0.05) is 12.6 Å². The lowest BCUT2D eigenvalue weighted by Gasteiger charge is -2.14. The van der Waals surface area contributed by atoms with Gasteiger partial charge in [-0.1, -0.05) is 0 Å². The first-order valence-electron chi connectivity index (χ1n) is 5.51. The summed E-state index contributed by atoms with van der Waals surface area (Å²) >= 11 is 0. The van der Waals surface area contributed by atoms with E-state index in [1.165, 1.54) is 12.8 Å². The quantitative estimate of drug-likeness (QED) is 0.775. The number of nitrogens with two attached hydrogens (primary N) is 1. The van der Waals surface area contributed by atoms with Gasteiger partial charge in [-0.15, -0.1) is 0 Å². The Morgan fingerprint density at radius 2 is 2.25 bits per heavy atom. The minimum Gasteiger partial charge on any atom is -0.481 e. The van der Waals surface area contributed by atoms with Crippen molar-refractivity contribution in [2.45, 2.75) is 19.8 Å². The van der Waals surface area contributed by atoms with Crippen molar-refractivity contribution in [3.05, 3.63) is 11.9 Å². The second kappa shape index (κ2) is 4.25. The van der Waals surface area contributed by atoms with Gasteiger partial charge in [0.2, 0.25) is 5.88 Å². The number of hydrogen-bond donors (Lipinski definition) is 2. The fourth-order valence-electron chi connectivity index (χ4n) is 1.64. The molecule has 0 unspecified atom stereocenters. The van der Waals surface area contributed by atoms with Gasteiger partial charge in [0.15, 0.2) is 0 Å². The largest absolute Gasteiger partial charge is 0.481 e. The van der Waals surface area contributed by atoms with Crippen LogP contribution in [0.2, 0.25) is 0 Å². The molecule has 0 spiro atoms. The van der Waals surface area contributed by atoms with Gasteiger partial charge in [-0.25, -0.2) is 4.98 Å². The molecule has 2 rings (SSSR count). The van der Waals surface area contributed by atoms with E-state index in [-0.39, 0.29) is 0 Å². The van der Waals surface area contributed by atoms with E-state index in [9.17, 15) is 0 Å². The SMILES string of the molecule is COc1cc(NCC2(CN)CC2)nc(C)n1. The van der Waals surface area contributed by atoms with Gasteiger partial charge in [0.1, 0.15) is 11.6 Å². The van der Waals surface area contributed by atoms with Crippen LogP contribution in [0.1, 0.15) is 18.7 Å². The summed E-state index contributed by atoms with van der Waals surface area (Å²) in [7, 11) is 1.60. The van der Waals surface area contributed by atoms with E-state index in [2.05, 4.69) is 15.3 Å². The molecule has 0 radical (unpaired) electrons. The van der Waals surface area contributed by atoms with Crippen LogP contribution >= 0.6 is 0 Å². The number of aryl methyl sites for hydroxylation is 1. The van der Waals surface area contributed by atoms with Crippen molar-refractivity contribution in [1.82, 2.24) is 9.97 Å². The van der Waals surface area contributed by atoms with E-state index in [1.54, 1.807) is 13.2 Å². The van der Waals surface area contributed by atoms with Gasteiger partial charge in [0.25, 0.3) is 0 Å². The average molecular weight is 222 g/mol. The molecule has 1 aromatic rings. The number of anilines is 1. The molecular formula is C11H18N4O. The van der Waals surface area contributed by atoms with Crippen molar-refractivity contribution < 1.29 is 4.74 Å². The van der Waals surface area contributed by atoms with E-state index in [0.29, 0.717) is 17.1 Å². The van der Waals surface area contributed by atoms with Gasteiger partial charge < -0.3 is 15.8 Å². The van der Waals surface area contributed by atoms with E-state index >= 15 is 0 Å². The summed E-state index contributed by atoms with van der Waals surface area (Å²) in [5, 5.41) is 3.30. The summed E-state index contributed by atoms with van der Waals surface area (Å²) in [6, 6.07) is 1.81. The van der Waals surface area contributed by atoms with Crippen LogP contribution in [0.15, 0.2) is 6.07 Å². The molecule has 0 bridgehead atoms. The molecule has 0 aromatic carbocycles. The molecule has 0 amide bonds. The van der Waals surface area contributed by atoms with Crippen LogP contribution < -0.4 is 15.8 Å². The summed E-state index contributed by atoms with van der Waals surface area (Å²) in [5.74, 6) is 2.11. The van der Waals surface area contributed by atoms with Crippen LogP contribution in [-0.2, 0) is 0 Å². The molecule has 16 heavy (non-hydrogen) atoms. The van der Waals surface area contributed by atoms with E-state index in [0.717, 1.165) is 18.9 Å². The maximum atomic E-state index is 5.72. The predicted octanol–water partition coefficient (Wildman–Crippen LogP) is 0.944. The van der Waals surface area contributed by atoms with Crippen molar-refractivity contribution in [2.24, 2.45) is 11.1 Å². The summed E-state index contributed by atoms with van der Waals surface area (Å²) in [4.78, 5) is 8.44. The average Bonchev–Trinajstić information content (AvgIpc) is 3.06. The maximum Gasteiger partial charge on any atom is 0.218 e. The van der Waals surface area contributed by atoms with Gasteiger partial charge in [-0.05, 0) is 31.7 Å². The molecule has 5 heteroatoms. The Balaban J connectivity index is 2.01. The second-order valence-electron chi connectivity index (χ2n) is 4.40. The monoisotopic (exact) mass is 222 g/mol. The van der Waals surface area contributed by atoms with E-state index in [1.807, 2.05) is 6.92 Å². The first-order chi connectivity index (χ1) is 7.67. The fraction of sp³-hybridized carbons (Fsp3) is 0.636. The predicted molar refractivity (Wildman–Crippen MR) is 62.5 cm³/mol. The van der Waals surface area contributed by atoms with Gasteiger partial charge >= 0.3 is 0 Å². The molecule has 0 atom stereocenters. The molecule has 5 nitrogen and oxygen atoms in total. The topological polar surface area (TPSA) is 73.1 Å². The van der Waals surface area contributed by atoms with Crippen LogP contribution in [0.5, 0.6) is 5.88 Å². The molecule has 1 aromatic heterocycles. The molecule has 1 heterocycles. The molecule has 1 fully saturated rings. The highest BCUT2D eigenvalue weighted by Crippen LogP contribution is 2.44. The molecule has 0 saturated heterocycles. The van der Waals surface area contributed by atoms with Crippen molar-refractivity contribution in [1.29, 1.82) is 0 Å². The molecule has 3 N–H and O–H groups in total. The Morgan fingerprint density at radius 3 is 2.81 bits per heavy atom. The van der Waals surface area contributed by atoms with Crippen LogP contribution in [-0.4, -0.2) is 30.2 Å². The summed E-state index contributed by atoms with van der Waals surface area (Å²) < 4.78 is 5.09. The Bertz CT molecular complexity index is 376. The lowest BCUT2D eigenvalue weighted by Crippen LogP contribution is -2.24. The summed E-state index contributed by atoms with van der Waals surface area (Å²) in [6.45, 7) is 3.47. The van der Waals surface area contributed by atoms with Gasteiger partial charge in [-0.2, -0.15) is 4.98 Å². The smallest absolute Gasteiger partial charge is 0.218 e. The van der Waals surface area contributed by atoms with Gasteiger partial charge in [-0.3, -0.25) is 0 Å². The van der Waals surface area contributed by atoms with Crippen molar-refractivity contribution in [3.63, 3.8) is 0 Å². The van der Waals surface area contributed by atoms with Crippen LogP contribution in [0.25, 0.3) is 0 Å². The Labute approximate surface area is 95.4 Å². The minimum atomic E-state index is 0.298. The lowest BCUT2D eigenvalue weighted by atomic mass is 10.1. The highest BCUT2D eigenvalue weighted by molar-refractivity contribution is 5.39. The first-order valence-corrected chi connectivity index (χ1v) is 5.51. The molecular weight excluding hydrogens is 204 g/mol. The zero-order chi connectivity index (χ0) is 11.6. The highest BCUT2D eigenvalue weighted by atomic mass is 16.5. The molecule has 0 aliphatic heterocycles.